The van der Waals surface area contributed by atoms with Crippen LogP contribution >= 0.6 is 0 Å². The fourth-order valence-corrected chi connectivity index (χ4v) is 1.74. The van der Waals surface area contributed by atoms with Crippen molar-refractivity contribution in [3.63, 3.8) is 0 Å². The van der Waals surface area contributed by atoms with E-state index in [-0.39, 0.29) is 12.3 Å². The van der Waals surface area contributed by atoms with E-state index < -0.39 is 0 Å². The molecular formula is C15H19N3O3. The Hall–Kier alpha value is -2.34. The number of nitrogens with two attached hydrogens (primary N) is 1. The number of rotatable bonds is 8. The SMILES string of the molecule is Nc1ccc(CC(=O)NCCCOCc2ccco2)nc1. The molecule has 0 saturated heterocycles. The van der Waals surface area contributed by atoms with Gasteiger partial charge in [0.05, 0.1) is 24.6 Å². The van der Waals surface area contributed by atoms with Crippen molar-refractivity contribution in [3.05, 3.63) is 48.2 Å². The first-order valence-corrected chi connectivity index (χ1v) is 6.81. The predicted molar refractivity (Wildman–Crippen MR) is 78.3 cm³/mol. The fourth-order valence-electron chi connectivity index (χ4n) is 1.74. The zero-order valence-corrected chi connectivity index (χ0v) is 11.7. The Morgan fingerprint density at radius 1 is 1.38 bits per heavy atom. The number of ether oxygens (including phenoxy) is 1. The van der Waals surface area contributed by atoms with E-state index in [1.54, 1.807) is 24.6 Å². The molecule has 2 aromatic heterocycles. The average molecular weight is 289 g/mol. The molecule has 1 amide bonds. The van der Waals surface area contributed by atoms with E-state index in [4.69, 9.17) is 14.9 Å². The van der Waals surface area contributed by atoms with E-state index in [9.17, 15) is 4.79 Å². The lowest BCUT2D eigenvalue weighted by Gasteiger charge is -2.05. The van der Waals surface area contributed by atoms with Gasteiger partial charge in [-0.15, -0.1) is 0 Å². The number of furan rings is 1. The second-order valence-electron chi connectivity index (χ2n) is 4.60. The molecule has 0 aliphatic carbocycles. The van der Waals surface area contributed by atoms with E-state index in [1.807, 2.05) is 12.1 Å². The molecule has 0 unspecified atom stereocenters. The second kappa shape index (κ2) is 8.06. The van der Waals surface area contributed by atoms with Gasteiger partial charge in [0, 0.05) is 18.8 Å². The van der Waals surface area contributed by atoms with E-state index in [0.29, 0.717) is 31.1 Å². The van der Waals surface area contributed by atoms with E-state index in [1.165, 1.54) is 0 Å². The monoisotopic (exact) mass is 289 g/mol. The zero-order chi connectivity index (χ0) is 14.9. The molecule has 0 bridgehead atoms. The Balaban J connectivity index is 1.54. The quantitative estimate of drug-likeness (QED) is 0.719. The van der Waals surface area contributed by atoms with Gasteiger partial charge in [0.2, 0.25) is 5.91 Å². The van der Waals surface area contributed by atoms with Gasteiger partial charge >= 0.3 is 0 Å². The molecular weight excluding hydrogens is 270 g/mol. The third kappa shape index (κ3) is 5.66. The van der Waals surface area contributed by atoms with Crippen molar-refractivity contribution < 1.29 is 13.9 Å². The molecule has 0 spiro atoms. The van der Waals surface area contributed by atoms with Crippen LogP contribution in [-0.2, 0) is 22.6 Å². The molecule has 112 valence electrons. The van der Waals surface area contributed by atoms with Gasteiger partial charge in [-0.25, -0.2) is 0 Å². The Morgan fingerprint density at radius 3 is 3.00 bits per heavy atom. The number of hydrogen-bond donors (Lipinski definition) is 2. The highest BCUT2D eigenvalue weighted by molar-refractivity contribution is 5.78. The second-order valence-corrected chi connectivity index (χ2v) is 4.60. The molecule has 6 heteroatoms. The van der Waals surface area contributed by atoms with Gasteiger partial charge in [0.1, 0.15) is 12.4 Å². The Morgan fingerprint density at radius 2 is 2.29 bits per heavy atom. The first-order valence-electron chi connectivity index (χ1n) is 6.81. The maximum Gasteiger partial charge on any atom is 0.226 e. The summed E-state index contributed by atoms with van der Waals surface area (Å²) in [6.45, 7) is 1.60. The summed E-state index contributed by atoms with van der Waals surface area (Å²) < 4.78 is 10.6. The molecule has 0 saturated carbocycles. The van der Waals surface area contributed by atoms with Crippen LogP contribution < -0.4 is 11.1 Å². The molecule has 0 aliphatic heterocycles. The number of nitrogens with zero attached hydrogens (tertiary/aromatic N) is 1. The molecule has 3 N–H and O–H groups in total. The standard InChI is InChI=1S/C15H19N3O3/c16-12-4-5-13(18-10-12)9-15(19)17-6-2-7-20-11-14-3-1-8-21-14/h1,3-5,8,10H,2,6-7,9,11,16H2,(H,17,19). The van der Waals surface area contributed by atoms with Crippen LogP contribution in [0.1, 0.15) is 17.9 Å². The van der Waals surface area contributed by atoms with Gasteiger partial charge in [-0.3, -0.25) is 9.78 Å². The fraction of sp³-hybridized carbons (Fsp3) is 0.333. The number of carbonyl (C=O) groups excluding carboxylic acids is 1. The summed E-state index contributed by atoms with van der Waals surface area (Å²) in [5.74, 6) is 0.742. The van der Waals surface area contributed by atoms with Crippen LogP contribution in [-0.4, -0.2) is 24.0 Å². The van der Waals surface area contributed by atoms with Crippen LogP contribution in [0.2, 0.25) is 0 Å². The first-order chi connectivity index (χ1) is 10.2. The molecule has 0 atom stereocenters. The number of aromatic nitrogens is 1. The van der Waals surface area contributed by atoms with Gasteiger partial charge in [-0.2, -0.15) is 0 Å². The lowest BCUT2D eigenvalue weighted by atomic mass is 10.2. The van der Waals surface area contributed by atoms with Crippen molar-refractivity contribution >= 4 is 11.6 Å². The molecule has 6 nitrogen and oxygen atoms in total. The van der Waals surface area contributed by atoms with Crippen molar-refractivity contribution in [1.82, 2.24) is 10.3 Å². The Labute approximate surface area is 123 Å². The summed E-state index contributed by atoms with van der Waals surface area (Å²) >= 11 is 0. The molecule has 0 radical (unpaired) electrons. The van der Waals surface area contributed by atoms with Crippen LogP contribution in [0.25, 0.3) is 0 Å². The highest BCUT2D eigenvalue weighted by Crippen LogP contribution is 2.02. The normalized spacial score (nSPS) is 10.5. The highest BCUT2D eigenvalue weighted by Gasteiger charge is 2.03. The molecule has 21 heavy (non-hydrogen) atoms. The van der Waals surface area contributed by atoms with Crippen molar-refractivity contribution in [2.75, 3.05) is 18.9 Å². The van der Waals surface area contributed by atoms with Crippen LogP contribution in [0.4, 0.5) is 5.69 Å². The number of anilines is 1. The summed E-state index contributed by atoms with van der Waals surface area (Å²) in [7, 11) is 0. The van der Waals surface area contributed by atoms with Gasteiger partial charge in [-0.05, 0) is 30.7 Å². The third-order valence-corrected chi connectivity index (χ3v) is 2.80. The number of nitrogen functional groups attached to an aromatic ring is 1. The lowest BCUT2D eigenvalue weighted by Crippen LogP contribution is -2.27. The molecule has 0 fully saturated rings. The van der Waals surface area contributed by atoms with E-state index >= 15 is 0 Å². The largest absolute Gasteiger partial charge is 0.467 e. The molecule has 2 aromatic rings. The minimum atomic E-state index is -0.0571. The van der Waals surface area contributed by atoms with Crippen LogP contribution in [0.15, 0.2) is 41.1 Å². The number of carbonyl (C=O) groups is 1. The van der Waals surface area contributed by atoms with Crippen molar-refractivity contribution in [1.29, 1.82) is 0 Å². The summed E-state index contributed by atoms with van der Waals surface area (Å²) in [5.41, 5.74) is 6.83. The minimum absolute atomic E-state index is 0.0571. The van der Waals surface area contributed by atoms with E-state index in [0.717, 1.165) is 12.2 Å². The predicted octanol–water partition coefficient (Wildman–Crippen LogP) is 1.52. The van der Waals surface area contributed by atoms with Gasteiger partial charge in [0.15, 0.2) is 0 Å². The van der Waals surface area contributed by atoms with Crippen molar-refractivity contribution in [3.8, 4) is 0 Å². The summed E-state index contributed by atoms with van der Waals surface area (Å²) in [6, 6.07) is 7.17. The minimum Gasteiger partial charge on any atom is -0.467 e. The highest BCUT2D eigenvalue weighted by atomic mass is 16.5. The zero-order valence-electron chi connectivity index (χ0n) is 11.7. The summed E-state index contributed by atoms with van der Waals surface area (Å²) in [6.07, 6.45) is 4.17. The summed E-state index contributed by atoms with van der Waals surface area (Å²) in [4.78, 5) is 15.8. The van der Waals surface area contributed by atoms with Gasteiger partial charge in [-0.1, -0.05) is 0 Å². The molecule has 2 heterocycles. The number of amides is 1. The Bertz CT molecular complexity index is 538. The van der Waals surface area contributed by atoms with Gasteiger partial charge < -0.3 is 20.2 Å². The van der Waals surface area contributed by atoms with Crippen LogP contribution in [0.5, 0.6) is 0 Å². The number of nitrogens with one attached hydrogen (secondary N) is 1. The summed E-state index contributed by atoms with van der Waals surface area (Å²) in [5, 5.41) is 2.83. The maximum atomic E-state index is 11.7. The van der Waals surface area contributed by atoms with E-state index in [2.05, 4.69) is 10.3 Å². The van der Waals surface area contributed by atoms with Crippen LogP contribution in [0.3, 0.4) is 0 Å². The van der Waals surface area contributed by atoms with Gasteiger partial charge in [0.25, 0.3) is 0 Å². The topological polar surface area (TPSA) is 90.4 Å². The Kier molecular flexibility index (Phi) is 5.78. The first kappa shape index (κ1) is 15.1. The number of pyridine rings is 1. The average Bonchev–Trinajstić information content (AvgIpc) is 2.98. The lowest BCUT2D eigenvalue weighted by molar-refractivity contribution is -0.120. The third-order valence-electron chi connectivity index (χ3n) is 2.80. The molecule has 0 aliphatic rings. The van der Waals surface area contributed by atoms with Crippen LogP contribution in [0, 0.1) is 0 Å². The number of hydrogen-bond acceptors (Lipinski definition) is 5. The van der Waals surface area contributed by atoms with Crippen molar-refractivity contribution in [2.24, 2.45) is 0 Å². The smallest absolute Gasteiger partial charge is 0.226 e. The molecule has 2 rings (SSSR count). The van der Waals surface area contributed by atoms with Crippen molar-refractivity contribution in [2.45, 2.75) is 19.4 Å². The molecule has 0 aromatic carbocycles. The maximum absolute atomic E-state index is 11.7.